The van der Waals surface area contributed by atoms with E-state index in [1.54, 1.807) is 0 Å². The van der Waals surface area contributed by atoms with Crippen molar-refractivity contribution in [2.75, 3.05) is 13.1 Å². The van der Waals surface area contributed by atoms with Gasteiger partial charge in [-0.3, -0.25) is 4.90 Å². The van der Waals surface area contributed by atoms with E-state index in [0.717, 1.165) is 12.5 Å². The first kappa shape index (κ1) is 16.0. The maximum Gasteiger partial charge on any atom is 0.0566 e. The highest BCUT2D eigenvalue weighted by Crippen LogP contribution is 2.37. The van der Waals surface area contributed by atoms with E-state index in [0.29, 0.717) is 12.1 Å². The van der Waals surface area contributed by atoms with E-state index in [1.165, 1.54) is 29.1 Å². The predicted octanol–water partition coefficient (Wildman–Crippen LogP) is 4.17. The van der Waals surface area contributed by atoms with E-state index in [2.05, 4.69) is 51.7 Å². The molecule has 0 amide bonds. The average Bonchev–Trinajstić information content (AvgIpc) is 3.01. The molecule has 1 aliphatic rings. The maximum atomic E-state index is 6.12. The number of nitrogens with zero attached hydrogens (tertiary/aromatic N) is 1. The lowest BCUT2D eigenvalue weighted by Gasteiger charge is -2.34. The Morgan fingerprint density at radius 1 is 1.30 bits per heavy atom. The van der Waals surface area contributed by atoms with Gasteiger partial charge in [0.1, 0.15) is 0 Å². The molecule has 1 atom stereocenters. The molecule has 1 aromatic rings. The first-order chi connectivity index (χ1) is 9.32. The van der Waals surface area contributed by atoms with E-state index < -0.39 is 0 Å². The number of hydrogen-bond donors (Lipinski definition) is 1. The molecule has 1 saturated carbocycles. The van der Waals surface area contributed by atoms with Crippen LogP contribution in [0.5, 0.6) is 0 Å². The van der Waals surface area contributed by atoms with E-state index in [4.69, 9.17) is 5.73 Å². The van der Waals surface area contributed by atoms with Gasteiger partial charge in [0.05, 0.1) is 6.04 Å². The standard InChI is InChI=1S/C17H30N2S/c1-12(2)19(11-13-6-7-13)14(10-18)15-8-9-16(20-15)17(3,4)5/h8-9,12-14H,6-7,10-11,18H2,1-5H3. The van der Waals surface area contributed by atoms with Crippen molar-refractivity contribution < 1.29 is 0 Å². The molecular weight excluding hydrogens is 264 g/mol. The van der Waals surface area contributed by atoms with Crippen molar-refractivity contribution in [1.29, 1.82) is 0 Å². The Labute approximate surface area is 128 Å². The summed E-state index contributed by atoms with van der Waals surface area (Å²) in [7, 11) is 0. The Kier molecular flexibility index (Phi) is 4.93. The molecule has 0 bridgehead atoms. The summed E-state index contributed by atoms with van der Waals surface area (Å²) in [5.74, 6) is 0.911. The lowest BCUT2D eigenvalue weighted by atomic mass is 9.95. The third-order valence-corrected chi connectivity index (χ3v) is 5.76. The van der Waals surface area contributed by atoms with E-state index in [9.17, 15) is 0 Å². The monoisotopic (exact) mass is 294 g/mol. The van der Waals surface area contributed by atoms with Crippen LogP contribution < -0.4 is 5.73 Å². The fourth-order valence-corrected chi connectivity index (χ4v) is 3.85. The van der Waals surface area contributed by atoms with Crippen LogP contribution in [0.2, 0.25) is 0 Å². The van der Waals surface area contributed by atoms with Gasteiger partial charge in [-0.1, -0.05) is 20.8 Å². The normalized spacial score (nSPS) is 18.0. The van der Waals surface area contributed by atoms with Crippen LogP contribution in [0.1, 0.15) is 63.3 Å². The second-order valence-corrected chi connectivity index (χ2v) is 8.55. The summed E-state index contributed by atoms with van der Waals surface area (Å²) in [4.78, 5) is 5.50. The molecule has 1 aliphatic carbocycles. The topological polar surface area (TPSA) is 29.3 Å². The number of nitrogens with two attached hydrogens (primary N) is 1. The zero-order valence-electron chi connectivity index (χ0n) is 13.6. The Morgan fingerprint density at radius 2 is 1.95 bits per heavy atom. The molecule has 1 heterocycles. The zero-order chi connectivity index (χ0) is 14.9. The van der Waals surface area contributed by atoms with Crippen molar-refractivity contribution >= 4 is 11.3 Å². The molecule has 1 unspecified atom stereocenters. The largest absolute Gasteiger partial charge is 0.329 e. The summed E-state index contributed by atoms with van der Waals surface area (Å²) in [6.07, 6.45) is 2.80. The predicted molar refractivity (Wildman–Crippen MR) is 89.4 cm³/mol. The molecule has 2 N–H and O–H groups in total. The number of thiophene rings is 1. The molecule has 2 rings (SSSR count). The first-order valence-electron chi connectivity index (χ1n) is 7.89. The Balaban J connectivity index is 2.18. The fourth-order valence-electron chi connectivity index (χ4n) is 2.65. The molecule has 0 aliphatic heterocycles. The minimum atomic E-state index is 0.237. The summed E-state index contributed by atoms with van der Waals surface area (Å²) in [5, 5.41) is 0. The fraction of sp³-hybridized carbons (Fsp3) is 0.765. The van der Waals surface area contributed by atoms with Crippen LogP contribution >= 0.6 is 11.3 Å². The van der Waals surface area contributed by atoms with Crippen LogP contribution in [0.15, 0.2) is 12.1 Å². The lowest BCUT2D eigenvalue weighted by molar-refractivity contribution is 0.152. The minimum absolute atomic E-state index is 0.237. The molecule has 0 aromatic carbocycles. The van der Waals surface area contributed by atoms with Crippen molar-refractivity contribution in [3.63, 3.8) is 0 Å². The zero-order valence-corrected chi connectivity index (χ0v) is 14.5. The van der Waals surface area contributed by atoms with Gasteiger partial charge in [0.15, 0.2) is 0 Å². The van der Waals surface area contributed by atoms with E-state index >= 15 is 0 Å². The summed E-state index contributed by atoms with van der Waals surface area (Å²) in [5.41, 5.74) is 6.36. The van der Waals surface area contributed by atoms with Gasteiger partial charge in [-0.2, -0.15) is 0 Å². The van der Waals surface area contributed by atoms with Gasteiger partial charge in [-0.25, -0.2) is 0 Å². The number of rotatable bonds is 6. The highest BCUT2D eigenvalue weighted by Gasteiger charge is 2.31. The Hall–Kier alpha value is -0.380. The van der Waals surface area contributed by atoms with E-state index in [-0.39, 0.29) is 5.41 Å². The SMILES string of the molecule is CC(C)N(CC1CC1)C(CN)c1ccc(C(C)(C)C)s1. The second kappa shape index (κ2) is 6.17. The quantitative estimate of drug-likeness (QED) is 0.853. The molecule has 0 spiro atoms. The van der Waals surface area contributed by atoms with Gasteiger partial charge in [0.2, 0.25) is 0 Å². The minimum Gasteiger partial charge on any atom is -0.329 e. The summed E-state index contributed by atoms with van der Waals surface area (Å²) < 4.78 is 0. The van der Waals surface area contributed by atoms with Crippen LogP contribution in [0.3, 0.4) is 0 Å². The molecule has 0 saturated heterocycles. The van der Waals surface area contributed by atoms with Crippen molar-refractivity contribution in [2.24, 2.45) is 11.7 Å². The van der Waals surface area contributed by atoms with Gasteiger partial charge in [0, 0.05) is 28.9 Å². The first-order valence-corrected chi connectivity index (χ1v) is 8.70. The molecule has 20 heavy (non-hydrogen) atoms. The van der Waals surface area contributed by atoms with Gasteiger partial charge < -0.3 is 5.73 Å². The van der Waals surface area contributed by atoms with Crippen LogP contribution in [0.25, 0.3) is 0 Å². The smallest absolute Gasteiger partial charge is 0.0566 e. The van der Waals surface area contributed by atoms with Gasteiger partial charge in [0.25, 0.3) is 0 Å². The highest BCUT2D eigenvalue weighted by molar-refractivity contribution is 7.12. The van der Waals surface area contributed by atoms with Crippen LogP contribution in [0.4, 0.5) is 0 Å². The molecule has 1 fully saturated rings. The van der Waals surface area contributed by atoms with Crippen LogP contribution in [0, 0.1) is 5.92 Å². The van der Waals surface area contributed by atoms with Gasteiger partial charge in [-0.05, 0) is 50.2 Å². The van der Waals surface area contributed by atoms with Crippen molar-refractivity contribution in [3.8, 4) is 0 Å². The Morgan fingerprint density at radius 3 is 2.35 bits per heavy atom. The molecular formula is C17H30N2S. The van der Waals surface area contributed by atoms with Crippen molar-refractivity contribution in [3.05, 3.63) is 21.9 Å². The summed E-state index contributed by atoms with van der Waals surface area (Å²) in [6.45, 7) is 13.4. The van der Waals surface area contributed by atoms with Crippen molar-refractivity contribution in [2.45, 2.75) is 65.0 Å². The number of hydrogen-bond acceptors (Lipinski definition) is 3. The molecule has 3 heteroatoms. The van der Waals surface area contributed by atoms with Crippen molar-refractivity contribution in [1.82, 2.24) is 4.90 Å². The molecule has 1 aromatic heterocycles. The van der Waals surface area contributed by atoms with Crippen LogP contribution in [-0.4, -0.2) is 24.0 Å². The summed E-state index contributed by atoms with van der Waals surface area (Å²) in [6, 6.07) is 5.53. The van der Waals surface area contributed by atoms with E-state index in [1.807, 2.05) is 11.3 Å². The maximum absolute atomic E-state index is 6.12. The average molecular weight is 295 g/mol. The highest BCUT2D eigenvalue weighted by atomic mass is 32.1. The van der Waals surface area contributed by atoms with Crippen LogP contribution in [-0.2, 0) is 5.41 Å². The third kappa shape index (κ3) is 3.84. The lowest BCUT2D eigenvalue weighted by Crippen LogP contribution is -2.39. The molecule has 114 valence electrons. The van der Waals surface area contributed by atoms with Gasteiger partial charge in [-0.15, -0.1) is 11.3 Å². The van der Waals surface area contributed by atoms with Gasteiger partial charge >= 0.3 is 0 Å². The summed E-state index contributed by atoms with van der Waals surface area (Å²) >= 11 is 1.94. The molecule has 2 nitrogen and oxygen atoms in total. The Bertz CT molecular complexity index is 426. The molecule has 0 radical (unpaired) electrons. The third-order valence-electron chi connectivity index (χ3n) is 4.15. The second-order valence-electron chi connectivity index (χ2n) is 7.44.